The Morgan fingerprint density at radius 1 is 1.29 bits per heavy atom. The van der Waals surface area contributed by atoms with Crippen molar-refractivity contribution in [2.24, 2.45) is 7.05 Å². The highest BCUT2D eigenvalue weighted by Crippen LogP contribution is 2.33. The van der Waals surface area contributed by atoms with Crippen molar-refractivity contribution in [1.82, 2.24) is 9.78 Å². The summed E-state index contributed by atoms with van der Waals surface area (Å²) in [6, 6.07) is 5.25. The summed E-state index contributed by atoms with van der Waals surface area (Å²) in [5, 5.41) is 4.01. The molecule has 2 aromatic rings. The van der Waals surface area contributed by atoms with Crippen LogP contribution in [-0.2, 0) is 13.2 Å². The average Bonchev–Trinajstić information content (AvgIpc) is 2.57. The molecule has 0 aliphatic heterocycles. The van der Waals surface area contributed by atoms with Crippen LogP contribution in [0.5, 0.6) is 0 Å². The Hall–Kier alpha value is -1.05. The summed E-state index contributed by atoms with van der Waals surface area (Å²) in [5.41, 5.74) is 0.563. The first-order valence-corrected chi connectivity index (χ1v) is 5.82. The standard InChI is InChI=1S/C11H8F3IN2/c1-17-10(9(15)6-16-17)7-3-2-4-8(5-7)11(12,13)14/h2-6H,1H3. The second kappa shape index (κ2) is 4.32. The highest BCUT2D eigenvalue weighted by Gasteiger charge is 2.30. The van der Waals surface area contributed by atoms with Gasteiger partial charge in [0.2, 0.25) is 0 Å². The van der Waals surface area contributed by atoms with Crippen LogP contribution in [0.15, 0.2) is 30.5 Å². The Balaban J connectivity index is 2.55. The van der Waals surface area contributed by atoms with E-state index >= 15 is 0 Å². The van der Waals surface area contributed by atoms with Crippen molar-refractivity contribution in [2.45, 2.75) is 6.18 Å². The van der Waals surface area contributed by atoms with Gasteiger partial charge in [0.25, 0.3) is 0 Å². The van der Waals surface area contributed by atoms with Crippen LogP contribution in [0.3, 0.4) is 0 Å². The Morgan fingerprint density at radius 3 is 2.53 bits per heavy atom. The molecular weight excluding hydrogens is 344 g/mol. The molecule has 1 heterocycles. The highest BCUT2D eigenvalue weighted by molar-refractivity contribution is 14.1. The van der Waals surface area contributed by atoms with Crippen molar-refractivity contribution in [3.05, 3.63) is 39.6 Å². The number of nitrogens with zero attached hydrogens (tertiary/aromatic N) is 2. The van der Waals surface area contributed by atoms with Gasteiger partial charge < -0.3 is 0 Å². The molecule has 0 unspecified atom stereocenters. The Morgan fingerprint density at radius 2 is 2.00 bits per heavy atom. The molecule has 0 radical (unpaired) electrons. The van der Waals surface area contributed by atoms with Crippen LogP contribution in [0.2, 0.25) is 0 Å². The van der Waals surface area contributed by atoms with Gasteiger partial charge in [-0.05, 0) is 34.7 Å². The van der Waals surface area contributed by atoms with E-state index in [9.17, 15) is 13.2 Å². The van der Waals surface area contributed by atoms with Crippen molar-refractivity contribution in [2.75, 3.05) is 0 Å². The van der Waals surface area contributed by atoms with Crippen molar-refractivity contribution < 1.29 is 13.2 Å². The van der Waals surface area contributed by atoms with Crippen LogP contribution in [0.4, 0.5) is 13.2 Å². The third-order valence-corrected chi connectivity index (χ3v) is 3.15. The maximum absolute atomic E-state index is 12.6. The number of rotatable bonds is 1. The first kappa shape index (κ1) is 12.4. The molecule has 6 heteroatoms. The molecule has 2 rings (SSSR count). The summed E-state index contributed by atoms with van der Waals surface area (Å²) in [6.45, 7) is 0. The molecule has 90 valence electrons. The first-order chi connectivity index (χ1) is 7.89. The van der Waals surface area contributed by atoms with Gasteiger partial charge in [0.15, 0.2) is 0 Å². The summed E-state index contributed by atoms with van der Waals surface area (Å²) < 4.78 is 40.1. The van der Waals surface area contributed by atoms with Gasteiger partial charge in [0.05, 0.1) is 21.0 Å². The lowest BCUT2D eigenvalue weighted by molar-refractivity contribution is -0.137. The van der Waals surface area contributed by atoms with E-state index in [1.54, 1.807) is 24.0 Å². The van der Waals surface area contributed by atoms with E-state index in [0.29, 0.717) is 11.3 Å². The maximum Gasteiger partial charge on any atom is 0.416 e. The molecule has 0 N–H and O–H groups in total. The van der Waals surface area contributed by atoms with E-state index in [4.69, 9.17) is 0 Å². The number of halogens is 4. The van der Waals surface area contributed by atoms with E-state index in [-0.39, 0.29) is 0 Å². The van der Waals surface area contributed by atoms with Gasteiger partial charge in [-0.1, -0.05) is 12.1 Å². The van der Waals surface area contributed by atoms with Crippen molar-refractivity contribution in [3.8, 4) is 11.3 Å². The summed E-state index contributed by atoms with van der Waals surface area (Å²) in [5.74, 6) is 0. The van der Waals surface area contributed by atoms with Crippen LogP contribution in [0.25, 0.3) is 11.3 Å². The number of hydrogen-bond donors (Lipinski definition) is 0. The number of benzene rings is 1. The summed E-state index contributed by atoms with van der Waals surface area (Å²) in [4.78, 5) is 0. The fraction of sp³-hybridized carbons (Fsp3) is 0.182. The van der Waals surface area contributed by atoms with Gasteiger partial charge >= 0.3 is 6.18 Å². The van der Waals surface area contributed by atoms with E-state index in [0.717, 1.165) is 15.7 Å². The normalized spacial score (nSPS) is 11.8. The molecule has 0 aliphatic rings. The molecule has 2 nitrogen and oxygen atoms in total. The molecule has 0 saturated carbocycles. The topological polar surface area (TPSA) is 17.8 Å². The van der Waals surface area contributed by atoms with Crippen molar-refractivity contribution >= 4 is 22.6 Å². The van der Waals surface area contributed by atoms with Gasteiger partial charge in [0.1, 0.15) is 0 Å². The summed E-state index contributed by atoms with van der Waals surface area (Å²) in [7, 11) is 1.71. The zero-order valence-corrected chi connectivity index (χ0v) is 11.0. The smallest absolute Gasteiger partial charge is 0.267 e. The summed E-state index contributed by atoms with van der Waals surface area (Å²) >= 11 is 2.05. The molecule has 0 spiro atoms. The second-order valence-electron chi connectivity index (χ2n) is 3.54. The predicted molar refractivity (Wildman–Crippen MR) is 66.4 cm³/mol. The lowest BCUT2D eigenvalue weighted by Gasteiger charge is -2.09. The molecule has 1 aromatic heterocycles. The Labute approximate surface area is 110 Å². The van der Waals surface area contributed by atoms with Gasteiger partial charge in [-0.25, -0.2) is 0 Å². The predicted octanol–water partition coefficient (Wildman–Crippen LogP) is 3.71. The summed E-state index contributed by atoms with van der Waals surface area (Å²) in [6.07, 6.45) is -2.70. The molecule has 1 aromatic carbocycles. The third kappa shape index (κ3) is 2.46. The van der Waals surface area contributed by atoms with Gasteiger partial charge in [-0.2, -0.15) is 18.3 Å². The van der Waals surface area contributed by atoms with Crippen LogP contribution < -0.4 is 0 Å². The lowest BCUT2D eigenvalue weighted by atomic mass is 10.1. The number of hydrogen-bond acceptors (Lipinski definition) is 1. The minimum Gasteiger partial charge on any atom is -0.267 e. The monoisotopic (exact) mass is 352 g/mol. The van der Waals surface area contributed by atoms with Crippen molar-refractivity contribution in [1.29, 1.82) is 0 Å². The zero-order chi connectivity index (χ0) is 12.6. The van der Waals surface area contributed by atoms with E-state index in [2.05, 4.69) is 27.7 Å². The van der Waals surface area contributed by atoms with Crippen LogP contribution >= 0.6 is 22.6 Å². The van der Waals surface area contributed by atoms with Gasteiger partial charge in [-0.3, -0.25) is 4.68 Å². The molecule has 0 atom stereocenters. The molecular formula is C11H8F3IN2. The SMILES string of the molecule is Cn1ncc(I)c1-c1cccc(C(F)(F)F)c1. The van der Waals surface area contributed by atoms with Gasteiger partial charge in [0, 0.05) is 12.6 Å². The van der Waals surface area contributed by atoms with Crippen LogP contribution in [0.1, 0.15) is 5.56 Å². The van der Waals surface area contributed by atoms with E-state index < -0.39 is 11.7 Å². The number of aryl methyl sites for hydroxylation is 1. The number of alkyl halides is 3. The molecule has 0 aliphatic carbocycles. The lowest BCUT2D eigenvalue weighted by Crippen LogP contribution is -2.05. The zero-order valence-electron chi connectivity index (χ0n) is 8.79. The largest absolute Gasteiger partial charge is 0.416 e. The Bertz CT molecular complexity index is 526. The second-order valence-corrected chi connectivity index (χ2v) is 4.71. The average molecular weight is 352 g/mol. The Kier molecular flexibility index (Phi) is 3.15. The molecule has 0 bridgehead atoms. The number of aromatic nitrogens is 2. The molecule has 0 saturated heterocycles. The van der Waals surface area contributed by atoms with Crippen LogP contribution in [0, 0.1) is 3.57 Å². The quantitative estimate of drug-likeness (QED) is 0.716. The fourth-order valence-electron chi connectivity index (χ4n) is 1.58. The highest BCUT2D eigenvalue weighted by atomic mass is 127. The molecule has 0 fully saturated rings. The minimum atomic E-state index is -4.32. The fourth-order valence-corrected chi connectivity index (χ4v) is 2.36. The van der Waals surface area contributed by atoms with Gasteiger partial charge in [-0.15, -0.1) is 0 Å². The van der Waals surface area contributed by atoms with E-state index in [1.165, 1.54) is 6.07 Å². The maximum atomic E-state index is 12.6. The van der Waals surface area contributed by atoms with E-state index in [1.807, 2.05) is 0 Å². The van der Waals surface area contributed by atoms with Crippen LogP contribution in [-0.4, -0.2) is 9.78 Å². The molecule has 17 heavy (non-hydrogen) atoms. The molecule has 0 amide bonds. The minimum absolute atomic E-state index is 0.518. The first-order valence-electron chi connectivity index (χ1n) is 4.74. The third-order valence-electron chi connectivity index (χ3n) is 2.36. The van der Waals surface area contributed by atoms with Crippen molar-refractivity contribution in [3.63, 3.8) is 0 Å².